The van der Waals surface area contributed by atoms with Crippen LogP contribution in [0.25, 0.3) is 0 Å². The number of carboxylic acid groups (broad SMARTS) is 1. The van der Waals surface area contributed by atoms with Gasteiger partial charge in [-0.2, -0.15) is 0 Å². The van der Waals surface area contributed by atoms with Crippen LogP contribution in [0, 0.1) is 0 Å². The van der Waals surface area contributed by atoms with Crippen LogP contribution < -0.4 is 10.0 Å². The van der Waals surface area contributed by atoms with E-state index in [9.17, 15) is 13.2 Å². The second kappa shape index (κ2) is 11.2. The summed E-state index contributed by atoms with van der Waals surface area (Å²) in [4.78, 5) is 19.5. The lowest BCUT2D eigenvalue weighted by atomic mass is 9.89. The Labute approximate surface area is 212 Å². The van der Waals surface area contributed by atoms with E-state index in [-0.39, 0.29) is 11.4 Å². The standard InChI is InChI=1S/C27H32N4O4S/c1-2-3-13-27(14-15-27)21-9-7-20(8-10-21)18-24(31-36(34,35)22-11-16-28-17-12-22)23-5-4-6-25(30-23)29-19-26(32)33/h4-12,16-17,24,31H,2-3,13-15,18-19H2,1H3,(H,29,30)(H,32,33). The number of unbranched alkanes of at least 4 members (excludes halogenated alkanes) is 1. The molecule has 1 atom stereocenters. The highest BCUT2D eigenvalue weighted by molar-refractivity contribution is 7.89. The fourth-order valence-corrected chi connectivity index (χ4v) is 5.66. The second-order valence-electron chi connectivity index (χ2n) is 9.34. The Morgan fingerprint density at radius 1 is 1.08 bits per heavy atom. The van der Waals surface area contributed by atoms with Crippen LogP contribution in [0.2, 0.25) is 0 Å². The van der Waals surface area contributed by atoms with E-state index in [1.54, 1.807) is 18.2 Å². The number of pyridine rings is 2. The Balaban J connectivity index is 1.59. The zero-order valence-electron chi connectivity index (χ0n) is 20.4. The average Bonchev–Trinajstić information content (AvgIpc) is 3.68. The number of hydrogen-bond donors (Lipinski definition) is 3. The van der Waals surface area contributed by atoms with Crippen LogP contribution in [0.15, 0.2) is 71.9 Å². The van der Waals surface area contributed by atoms with Gasteiger partial charge in [-0.05, 0) is 66.5 Å². The van der Waals surface area contributed by atoms with Gasteiger partial charge in [0.1, 0.15) is 12.4 Å². The average molecular weight is 509 g/mol. The second-order valence-corrected chi connectivity index (χ2v) is 11.1. The molecule has 0 aliphatic heterocycles. The van der Waals surface area contributed by atoms with Crippen molar-refractivity contribution in [3.63, 3.8) is 0 Å². The number of hydrogen-bond acceptors (Lipinski definition) is 6. The number of nitrogens with zero attached hydrogens (tertiary/aromatic N) is 2. The predicted molar refractivity (Wildman–Crippen MR) is 138 cm³/mol. The number of aliphatic carboxylic acids is 1. The molecule has 2 heterocycles. The van der Waals surface area contributed by atoms with Crippen molar-refractivity contribution in [3.05, 3.63) is 83.8 Å². The molecule has 0 bridgehead atoms. The molecule has 3 aromatic rings. The molecule has 0 spiro atoms. The van der Waals surface area contributed by atoms with Crippen molar-refractivity contribution in [1.29, 1.82) is 0 Å². The monoisotopic (exact) mass is 508 g/mol. The fraction of sp³-hybridized carbons (Fsp3) is 0.370. The summed E-state index contributed by atoms with van der Waals surface area (Å²) >= 11 is 0. The zero-order valence-corrected chi connectivity index (χ0v) is 21.2. The van der Waals surface area contributed by atoms with Gasteiger partial charge in [0.05, 0.1) is 16.6 Å². The molecule has 36 heavy (non-hydrogen) atoms. The van der Waals surface area contributed by atoms with Crippen molar-refractivity contribution in [3.8, 4) is 0 Å². The first-order chi connectivity index (χ1) is 17.3. The van der Waals surface area contributed by atoms with Crippen molar-refractivity contribution in [2.45, 2.75) is 61.8 Å². The summed E-state index contributed by atoms with van der Waals surface area (Å²) in [7, 11) is -3.84. The van der Waals surface area contributed by atoms with Crippen LogP contribution in [-0.2, 0) is 26.7 Å². The number of benzene rings is 1. The Morgan fingerprint density at radius 2 is 1.81 bits per heavy atom. The van der Waals surface area contributed by atoms with Crippen LogP contribution in [0.3, 0.4) is 0 Å². The first kappa shape index (κ1) is 25.8. The maximum absolute atomic E-state index is 13.1. The highest BCUT2D eigenvalue weighted by Gasteiger charge is 2.43. The summed E-state index contributed by atoms with van der Waals surface area (Å²) in [6.07, 6.45) is 9.32. The smallest absolute Gasteiger partial charge is 0.322 e. The number of rotatable bonds is 13. The third-order valence-electron chi connectivity index (χ3n) is 6.67. The summed E-state index contributed by atoms with van der Waals surface area (Å²) in [5.41, 5.74) is 3.14. The number of nitrogens with one attached hydrogen (secondary N) is 2. The number of carboxylic acids is 1. The molecular formula is C27H32N4O4S. The maximum Gasteiger partial charge on any atom is 0.322 e. The van der Waals surface area contributed by atoms with Gasteiger partial charge >= 0.3 is 5.97 Å². The zero-order chi connectivity index (χ0) is 25.6. The highest BCUT2D eigenvalue weighted by Crippen LogP contribution is 2.52. The van der Waals surface area contributed by atoms with E-state index >= 15 is 0 Å². The van der Waals surface area contributed by atoms with Crippen LogP contribution in [0.5, 0.6) is 0 Å². The molecule has 1 aliphatic rings. The SMILES string of the molecule is CCCCC1(c2ccc(CC(NS(=O)(=O)c3ccncc3)c3cccc(NCC(=O)O)n3)cc2)CC1. The van der Waals surface area contributed by atoms with E-state index in [1.165, 1.54) is 62.2 Å². The molecule has 1 aliphatic carbocycles. The molecular weight excluding hydrogens is 476 g/mol. The lowest BCUT2D eigenvalue weighted by molar-refractivity contribution is -0.134. The Hall–Kier alpha value is -3.30. The summed E-state index contributed by atoms with van der Waals surface area (Å²) in [6, 6.07) is 15.8. The fourth-order valence-electron chi connectivity index (χ4n) is 4.47. The van der Waals surface area contributed by atoms with Gasteiger partial charge < -0.3 is 10.4 Å². The Morgan fingerprint density at radius 3 is 2.44 bits per heavy atom. The van der Waals surface area contributed by atoms with Crippen molar-refractivity contribution >= 4 is 21.8 Å². The lowest BCUT2D eigenvalue weighted by Crippen LogP contribution is -2.31. The van der Waals surface area contributed by atoms with Gasteiger partial charge in [-0.15, -0.1) is 0 Å². The number of carbonyl (C=O) groups is 1. The van der Waals surface area contributed by atoms with Crippen LogP contribution in [0.4, 0.5) is 5.82 Å². The minimum absolute atomic E-state index is 0.115. The van der Waals surface area contributed by atoms with Gasteiger partial charge in [0, 0.05) is 12.4 Å². The minimum Gasteiger partial charge on any atom is -0.480 e. The highest BCUT2D eigenvalue weighted by atomic mass is 32.2. The van der Waals surface area contributed by atoms with E-state index in [2.05, 4.69) is 51.2 Å². The molecule has 1 aromatic carbocycles. The van der Waals surface area contributed by atoms with E-state index in [0.29, 0.717) is 23.3 Å². The number of sulfonamides is 1. The quantitative estimate of drug-likeness (QED) is 0.312. The summed E-state index contributed by atoms with van der Waals surface area (Å²) in [6.45, 7) is 1.93. The van der Waals surface area contributed by atoms with E-state index < -0.39 is 22.0 Å². The molecule has 0 radical (unpaired) electrons. The van der Waals surface area contributed by atoms with Crippen LogP contribution >= 0.6 is 0 Å². The number of aromatic nitrogens is 2. The molecule has 9 heteroatoms. The van der Waals surface area contributed by atoms with Gasteiger partial charge in [-0.3, -0.25) is 9.78 Å². The van der Waals surface area contributed by atoms with Crippen molar-refractivity contribution in [2.75, 3.05) is 11.9 Å². The van der Waals surface area contributed by atoms with Gasteiger partial charge in [-0.1, -0.05) is 50.1 Å². The van der Waals surface area contributed by atoms with E-state index in [4.69, 9.17) is 5.11 Å². The first-order valence-electron chi connectivity index (χ1n) is 12.3. The molecule has 0 amide bonds. The molecule has 2 aromatic heterocycles. The van der Waals surface area contributed by atoms with Gasteiger partial charge in [-0.25, -0.2) is 18.1 Å². The molecule has 1 saturated carbocycles. The van der Waals surface area contributed by atoms with Crippen molar-refractivity contribution in [1.82, 2.24) is 14.7 Å². The van der Waals surface area contributed by atoms with E-state index in [0.717, 1.165) is 5.56 Å². The molecule has 0 saturated heterocycles. The van der Waals surface area contributed by atoms with Gasteiger partial charge in [0.2, 0.25) is 10.0 Å². The summed E-state index contributed by atoms with van der Waals surface area (Å²) in [5.74, 6) is -0.644. The first-order valence-corrected chi connectivity index (χ1v) is 13.7. The minimum atomic E-state index is -3.84. The van der Waals surface area contributed by atoms with E-state index in [1.807, 2.05) is 0 Å². The topological polar surface area (TPSA) is 121 Å². The van der Waals surface area contributed by atoms with Crippen molar-refractivity contribution < 1.29 is 18.3 Å². The van der Waals surface area contributed by atoms with Crippen molar-refractivity contribution in [2.24, 2.45) is 0 Å². The Bertz CT molecular complexity index is 1280. The molecule has 3 N–H and O–H groups in total. The molecule has 1 unspecified atom stereocenters. The lowest BCUT2D eigenvalue weighted by Gasteiger charge is -2.20. The predicted octanol–water partition coefficient (Wildman–Crippen LogP) is 4.46. The molecule has 1 fully saturated rings. The maximum atomic E-state index is 13.1. The van der Waals surface area contributed by atoms with Crippen LogP contribution in [0.1, 0.15) is 61.9 Å². The summed E-state index contributed by atoms with van der Waals surface area (Å²) < 4.78 is 29.1. The summed E-state index contributed by atoms with van der Waals surface area (Å²) in [5, 5.41) is 11.7. The normalized spacial score (nSPS) is 15.2. The Kier molecular flexibility index (Phi) is 8.01. The third-order valence-corrected chi connectivity index (χ3v) is 8.16. The largest absolute Gasteiger partial charge is 0.480 e. The van der Waals surface area contributed by atoms with Crippen LogP contribution in [-0.4, -0.2) is 36.0 Å². The third kappa shape index (κ3) is 6.47. The van der Waals surface area contributed by atoms with Gasteiger partial charge in [0.25, 0.3) is 0 Å². The molecule has 8 nitrogen and oxygen atoms in total. The number of anilines is 1. The molecule has 190 valence electrons. The molecule has 4 rings (SSSR count). The van der Waals surface area contributed by atoms with Gasteiger partial charge in [0.15, 0.2) is 0 Å².